The Kier molecular flexibility index (Phi) is 9.09. The van der Waals surface area contributed by atoms with E-state index in [-0.39, 0.29) is 30.4 Å². The van der Waals surface area contributed by atoms with Crippen LogP contribution in [0.5, 0.6) is 0 Å². The molecule has 0 radical (unpaired) electrons. The van der Waals surface area contributed by atoms with Gasteiger partial charge in [0.05, 0.1) is 16.6 Å². The van der Waals surface area contributed by atoms with Crippen molar-refractivity contribution in [2.24, 2.45) is 0 Å². The summed E-state index contributed by atoms with van der Waals surface area (Å²) < 4.78 is 65.7. The fourth-order valence-electron chi connectivity index (χ4n) is 2.39. The fourth-order valence-corrected chi connectivity index (χ4v) is 2.61. The van der Waals surface area contributed by atoms with Crippen molar-refractivity contribution in [3.8, 4) is 0 Å². The van der Waals surface area contributed by atoms with Crippen LogP contribution in [0.25, 0.3) is 0 Å². The summed E-state index contributed by atoms with van der Waals surface area (Å²) in [6, 6.07) is 0.105. The van der Waals surface area contributed by atoms with Gasteiger partial charge in [0.2, 0.25) is 0 Å². The van der Waals surface area contributed by atoms with E-state index in [9.17, 15) is 22.0 Å². The van der Waals surface area contributed by atoms with E-state index in [1.165, 1.54) is 0 Å². The van der Waals surface area contributed by atoms with Gasteiger partial charge in [-0.25, -0.2) is 8.78 Å². The predicted molar refractivity (Wildman–Crippen MR) is 84.1 cm³/mol. The molecule has 10 heteroatoms. The Labute approximate surface area is 148 Å². The van der Waals surface area contributed by atoms with Crippen LogP contribution in [0, 0.1) is 5.82 Å². The van der Waals surface area contributed by atoms with Crippen LogP contribution in [0.1, 0.15) is 17.2 Å². The topological polar surface area (TPSA) is 15.3 Å². The summed E-state index contributed by atoms with van der Waals surface area (Å²) in [7, 11) is 0. The second kappa shape index (κ2) is 9.22. The molecule has 1 N–H and O–H groups in total. The van der Waals surface area contributed by atoms with E-state index in [1.54, 1.807) is 4.90 Å². The standard InChI is InChI=1S/C13H14ClF5N2.2ClH/c14-10-6-8(13(17,18)19)5-9(12(10)16)11(7-15)21-3-1-20-2-4-21;;/h5-6,11,20H,1-4,7H2;2*1H/t11-;;/m1../s1. The first-order valence-corrected chi connectivity index (χ1v) is 6.79. The first-order valence-electron chi connectivity index (χ1n) is 6.41. The first kappa shape index (κ1) is 22.7. The molecule has 0 saturated carbocycles. The summed E-state index contributed by atoms with van der Waals surface area (Å²) in [5.41, 5.74) is -1.42. The minimum Gasteiger partial charge on any atom is -0.314 e. The quantitative estimate of drug-likeness (QED) is 0.762. The van der Waals surface area contributed by atoms with E-state index < -0.39 is 35.3 Å². The van der Waals surface area contributed by atoms with Crippen LogP contribution in [-0.2, 0) is 6.18 Å². The van der Waals surface area contributed by atoms with Crippen LogP contribution < -0.4 is 5.32 Å². The molecule has 0 spiro atoms. The van der Waals surface area contributed by atoms with Crippen LogP contribution in [0.15, 0.2) is 12.1 Å². The SMILES string of the molecule is Cl.Cl.FC[C@H](c1cc(C(F)(F)F)cc(Cl)c1F)N1CCNCC1. The molecule has 0 amide bonds. The van der Waals surface area contributed by atoms with Crippen LogP contribution in [0.3, 0.4) is 0 Å². The van der Waals surface area contributed by atoms with Gasteiger partial charge in [-0.3, -0.25) is 4.90 Å². The molecule has 0 unspecified atom stereocenters. The number of nitrogens with zero attached hydrogens (tertiary/aromatic N) is 1. The van der Waals surface area contributed by atoms with Crippen molar-refractivity contribution in [2.75, 3.05) is 32.9 Å². The van der Waals surface area contributed by atoms with Gasteiger partial charge in [0.15, 0.2) is 0 Å². The van der Waals surface area contributed by atoms with E-state index in [2.05, 4.69) is 5.32 Å². The molecule has 0 aliphatic carbocycles. The van der Waals surface area contributed by atoms with Crippen LogP contribution in [0.2, 0.25) is 5.02 Å². The Bertz CT molecular complexity index is 507. The molecule has 0 aromatic heterocycles. The zero-order chi connectivity index (χ0) is 15.6. The summed E-state index contributed by atoms with van der Waals surface area (Å²) in [4.78, 5) is 1.62. The molecule has 134 valence electrons. The van der Waals surface area contributed by atoms with Gasteiger partial charge in [-0.05, 0) is 12.1 Å². The summed E-state index contributed by atoms with van der Waals surface area (Å²) in [5.74, 6) is -0.995. The van der Waals surface area contributed by atoms with Crippen molar-refractivity contribution >= 4 is 36.4 Å². The van der Waals surface area contributed by atoms with E-state index in [4.69, 9.17) is 11.6 Å². The van der Waals surface area contributed by atoms with Gasteiger partial charge >= 0.3 is 6.18 Å². The van der Waals surface area contributed by atoms with Gasteiger partial charge in [-0.1, -0.05) is 11.6 Å². The number of nitrogens with one attached hydrogen (secondary N) is 1. The third kappa shape index (κ3) is 5.32. The van der Waals surface area contributed by atoms with Crippen LogP contribution >= 0.6 is 36.4 Å². The molecule has 1 aromatic rings. The Hall–Kier alpha value is -0.340. The number of hydrogen-bond acceptors (Lipinski definition) is 2. The van der Waals surface area contributed by atoms with Crippen LogP contribution in [-0.4, -0.2) is 37.8 Å². The van der Waals surface area contributed by atoms with Crippen molar-refractivity contribution in [3.05, 3.63) is 34.1 Å². The highest BCUT2D eigenvalue weighted by atomic mass is 35.5. The highest BCUT2D eigenvalue weighted by Gasteiger charge is 2.34. The molecule has 0 bridgehead atoms. The minimum atomic E-state index is -4.66. The van der Waals surface area contributed by atoms with E-state index in [1.807, 2.05) is 0 Å². The Morgan fingerprint density at radius 2 is 1.74 bits per heavy atom. The molecule has 1 aliphatic heterocycles. The van der Waals surface area contributed by atoms with Crippen molar-refractivity contribution in [1.82, 2.24) is 10.2 Å². The number of halogens is 8. The average Bonchev–Trinajstić information content (AvgIpc) is 2.44. The second-order valence-corrected chi connectivity index (χ2v) is 5.22. The van der Waals surface area contributed by atoms with Gasteiger partial charge in [0, 0.05) is 31.7 Å². The lowest BCUT2D eigenvalue weighted by Crippen LogP contribution is -2.46. The monoisotopic (exact) mass is 400 g/mol. The van der Waals surface area contributed by atoms with Gasteiger partial charge < -0.3 is 5.32 Å². The smallest absolute Gasteiger partial charge is 0.314 e. The normalized spacial score (nSPS) is 17.1. The summed E-state index contributed by atoms with van der Waals surface area (Å²) in [6.45, 7) is 1.04. The number of alkyl halides is 4. The maximum absolute atomic E-state index is 14.1. The average molecular weight is 402 g/mol. The Balaban J connectivity index is 0.00000242. The van der Waals surface area contributed by atoms with Crippen molar-refractivity contribution < 1.29 is 22.0 Å². The first-order chi connectivity index (χ1) is 9.84. The predicted octanol–water partition coefficient (Wildman–Crippen LogP) is 4.26. The zero-order valence-corrected chi connectivity index (χ0v) is 14.2. The molecule has 23 heavy (non-hydrogen) atoms. The third-order valence-electron chi connectivity index (χ3n) is 3.48. The van der Waals surface area contributed by atoms with Crippen molar-refractivity contribution in [1.29, 1.82) is 0 Å². The van der Waals surface area contributed by atoms with Gasteiger partial charge in [0.1, 0.15) is 12.5 Å². The van der Waals surface area contributed by atoms with Crippen LogP contribution in [0.4, 0.5) is 22.0 Å². The lowest BCUT2D eigenvalue weighted by atomic mass is 10.0. The minimum absolute atomic E-state index is 0. The number of rotatable bonds is 3. The number of benzene rings is 1. The fraction of sp³-hybridized carbons (Fsp3) is 0.538. The summed E-state index contributed by atoms with van der Waals surface area (Å²) in [5, 5.41) is 2.40. The Morgan fingerprint density at radius 3 is 2.22 bits per heavy atom. The van der Waals surface area contributed by atoms with Gasteiger partial charge in [-0.15, -0.1) is 24.8 Å². The van der Waals surface area contributed by atoms with E-state index in [0.717, 1.165) is 0 Å². The van der Waals surface area contributed by atoms with Crippen molar-refractivity contribution in [3.63, 3.8) is 0 Å². The molecule has 1 fully saturated rings. The molecular weight excluding hydrogens is 386 g/mol. The molecule has 2 nitrogen and oxygen atoms in total. The van der Waals surface area contributed by atoms with Gasteiger partial charge in [0.25, 0.3) is 0 Å². The summed E-state index contributed by atoms with van der Waals surface area (Å²) >= 11 is 5.54. The Morgan fingerprint density at radius 1 is 1.17 bits per heavy atom. The molecule has 1 atom stereocenters. The second-order valence-electron chi connectivity index (χ2n) is 4.82. The summed E-state index contributed by atoms with van der Waals surface area (Å²) in [6.07, 6.45) is -4.66. The third-order valence-corrected chi connectivity index (χ3v) is 3.76. The van der Waals surface area contributed by atoms with E-state index in [0.29, 0.717) is 38.3 Å². The molecule has 2 rings (SSSR count). The highest BCUT2D eigenvalue weighted by molar-refractivity contribution is 6.30. The molecule has 1 saturated heterocycles. The maximum Gasteiger partial charge on any atom is 0.416 e. The van der Waals surface area contributed by atoms with Gasteiger partial charge in [-0.2, -0.15) is 13.2 Å². The molecular formula is C13H16Cl3F5N2. The lowest BCUT2D eigenvalue weighted by molar-refractivity contribution is -0.137. The lowest BCUT2D eigenvalue weighted by Gasteiger charge is -2.34. The van der Waals surface area contributed by atoms with E-state index >= 15 is 0 Å². The zero-order valence-electron chi connectivity index (χ0n) is 11.8. The number of piperazine rings is 1. The molecule has 1 heterocycles. The highest BCUT2D eigenvalue weighted by Crippen LogP contribution is 2.36. The molecule has 1 aliphatic rings. The molecule has 1 aromatic carbocycles. The largest absolute Gasteiger partial charge is 0.416 e. The van der Waals surface area contributed by atoms with Crippen molar-refractivity contribution in [2.45, 2.75) is 12.2 Å². The number of hydrogen-bond donors (Lipinski definition) is 1. The maximum atomic E-state index is 14.1.